The molecule has 0 atom stereocenters. The normalized spacial score (nSPS) is 10.4. The van der Waals surface area contributed by atoms with E-state index in [1.807, 2.05) is 0 Å². The Morgan fingerprint density at radius 2 is 2.25 bits per heavy atom. The van der Waals surface area contributed by atoms with Crippen LogP contribution in [0.25, 0.3) is 0 Å². The van der Waals surface area contributed by atoms with Gasteiger partial charge in [-0.2, -0.15) is 0 Å². The number of ether oxygens (including phenoxy) is 1. The molecule has 0 bridgehead atoms. The van der Waals surface area contributed by atoms with Gasteiger partial charge in [0.15, 0.2) is 0 Å². The smallest absolute Gasteiger partial charge is 0.303 e. The van der Waals surface area contributed by atoms with Crippen LogP contribution in [0.3, 0.4) is 0 Å². The number of carboxylic acids is 1. The van der Waals surface area contributed by atoms with Gasteiger partial charge in [-0.15, -0.1) is 0 Å². The summed E-state index contributed by atoms with van der Waals surface area (Å²) >= 11 is 5.78. The van der Waals surface area contributed by atoms with Crippen LogP contribution < -0.4 is 0 Å². The predicted molar refractivity (Wildman–Crippen MR) is 57.9 cm³/mol. The number of hydrogen-bond donors (Lipinski definition) is 1. The zero-order valence-corrected chi connectivity index (χ0v) is 9.34. The summed E-state index contributed by atoms with van der Waals surface area (Å²) in [5.41, 5.74) is 0.305. The Hall–Kier alpha value is -1.13. The zero-order valence-electron chi connectivity index (χ0n) is 8.58. The lowest BCUT2D eigenvalue weighted by Crippen LogP contribution is -2.02. The lowest BCUT2D eigenvalue weighted by atomic mass is 10.2. The molecule has 0 aliphatic heterocycles. The molecule has 0 aromatic heterocycles. The third-order valence-electron chi connectivity index (χ3n) is 1.99. The summed E-state index contributed by atoms with van der Waals surface area (Å²) in [6.45, 7) is 0.335. The van der Waals surface area contributed by atoms with Crippen LogP contribution in [0.2, 0.25) is 5.02 Å². The number of benzene rings is 1. The van der Waals surface area contributed by atoms with Crippen molar-refractivity contribution in [3.8, 4) is 0 Å². The van der Waals surface area contributed by atoms with E-state index in [9.17, 15) is 9.18 Å². The van der Waals surface area contributed by atoms with Crippen LogP contribution >= 0.6 is 11.6 Å². The summed E-state index contributed by atoms with van der Waals surface area (Å²) in [5.74, 6) is -1.28. The molecule has 88 valence electrons. The number of hydrogen-bond acceptors (Lipinski definition) is 2. The third kappa shape index (κ3) is 4.16. The first kappa shape index (κ1) is 12.9. The predicted octanol–water partition coefficient (Wildman–Crippen LogP) is 2.86. The van der Waals surface area contributed by atoms with Crippen molar-refractivity contribution in [1.29, 1.82) is 0 Å². The van der Waals surface area contributed by atoms with Crippen molar-refractivity contribution >= 4 is 17.6 Å². The molecule has 0 unspecified atom stereocenters. The Morgan fingerprint density at radius 1 is 1.50 bits per heavy atom. The minimum atomic E-state index is -0.868. The average Bonchev–Trinajstić information content (AvgIpc) is 2.21. The molecule has 0 amide bonds. The maximum Gasteiger partial charge on any atom is 0.303 e. The van der Waals surface area contributed by atoms with E-state index in [1.165, 1.54) is 12.1 Å². The third-order valence-corrected chi connectivity index (χ3v) is 2.34. The Bertz CT molecular complexity index is 348. The number of aliphatic carboxylic acids is 1. The van der Waals surface area contributed by atoms with Crippen molar-refractivity contribution in [2.45, 2.75) is 19.4 Å². The monoisotopic (exact) mass is 246 g/mol. The van der Waals surface area contributed by atoms with Gasteiger partial charge in [0.1, 0.15) is 5.82 Å². The van der Waals surface area contributed by atoms with Gasteiger partial charge < -0.3 is 9.84 Å². The summed E-state index contributed by atoms with van der Waals surface area (Å²) in [7, 11) is 0. The summed E-state index contributed by atoms with van der Waals surface area (Å²) in [5, 5.41) is 8.70. The molecule has 0 saturated carbocycles. The fourth-order valence-electron chi connectivity index (χ4n) is 1.17. The highest BCUT2D eigenvalue weighted by Gasteiger charge is 2.06. The van der Waals surface area contributed by atoms with Gasteiger partial charge in [0, 0.05) is 23.6 Å². The van der Waals surface area contributed by atoms with Crippen LogP contribution in [-0.4, -0.2) is 17.7 Å². The molecule has 1 aromatic carbocycles. The van der Waals surface area contributed by atoms with Crippen LogP contribution in [0.4, 0.5) is 4.39 Å². The van der Waals surface area contributed by atoms with E-state index in [1.54, 1.807) is 6.07 Å². The first-order valence-corrected chi connectivity index (χ1v) is 5.21. The van der Waals surface area contributed by atoms with Crippen molar-refractivity contribution < 1.29 is 19.0 Å². The van der Waals surface area contributed by atoms with E-state index in [0.29, 0.717) is 17.0 Å². The maximum absolute atomic E-state index is 13.2. The minimum Gasteiger partial charge on any atom is -0.481 e. The number of rotatable bonds is 6. The Balaban J connectivity index is 2.34. The first-order valence-electron chi connectivity index (χ1n) is 4.83. The Morgan fingerprint density at radius 3 is 2.88 bits per heavy atom. The average molecular weight is 247 g/mol. The molecule has 0 aliphatic rings. The molecule has 0 radical (unpaired) electrons. The van der Waals surface area contributed by atoms with Gasteiger partial charge in [-0.3, -0.25) is 4.79 Å². The highest BCUT2D eigenvalue weighted by molar-refractivity contribution is 6.31. The van der Waals surface area contributed by atoms with Crippen molar-refractivity contribution in [3.63, 3.8) is 0 Å². The van der Waals surface area contributed by atoms with E-state index in [4.69, 9.17) is 21.4 Å². The second kappa shape index (κ2) is 6.45. The molecule has 0 spiro atoms. The van der Waals surface area contributed by atoms with Gasteiger partial charge in [0.05, 0.1) is 6.61 Å². The molecule has 0 heterocycles. The molecule has 1 N–H and O–H groups in total. The molecular weight excluding hydrogens is 235 g/mol. The van der Waals surface area contributed by atoms with E-state index in [2.05, 4.69) is 0 Å². The SMILES string of the molecule is O=C(O)CCCOCc1c(F)cccc1Cl. The highest BCUT2D eigenvalue weighted by atomic mass is 35.5. The highest BCUT2D eigenvalue weighted by Crippen LogP contribution is 2.19. The van der Waals surface area contributed by atoms with Crippen molar-refractivity contribution in [3.05, 3.63) is 34.6 Å². The van der Waals surface area contributed by atoms with Gasteiger partial charge in [0.2, 0.25) is 0 Å². The lowest BCUT2D eigenvalue weighted by molar-refractivity contribution is -0.137. The Kier molecular flexibility index (Phi) is 5.22. The van der Waals surface area contributed by atoms with Crippen LogP contribution in [0.5, 0.6) is 0 Å². The lowest BCUT2D eigenvalue weighted by Gasteiger charge is -2.06. The molecule has 3 nitrogen and oxygen atoms in total. The second-order valence-corrected chi connectivity index (χ2v) is 3.66. The molecule has 5 heteroatoms. The molecule has 0 aliphatic carbocycles. The maximum atomic E-state index is 13.2. The van der Waals surface area contributed by atoms with Crippen molar-refractivity contribution in [1.82, 2.24) is 0 Å². The van der Waals surface area contributed by atoms with E-state index in [-0.39, 0.29) is 19.6 Å². The Labute approximate surface area is 97.8 Å². The fourth-order valence-corrected chi connectivity index (χ4v) is 1.39. The van der Waals surface area contributed by atoms with Crippen LogP contribution in [0.15, 0.2) is 18.2 Å². The second-order valence-electron chi connectivity index (χ2n) is 3.25. The topological polar surface area (TPSA) is 46.5 Å². The largest absolute Gasteiger partial charge is 0.481 e. The quantitative estimate of drug-likeness (QED) is 0.785. The minimum absolute atomic E-state index is 0.0466. The molecular formula is C11H12ClFO3. The van der Waals surface area contributed by atoms with Crippen LogP contribution in [0.1, 0.15) is 18.4 Å². The van der Waals surface area contributed by atoms with Crippen LogP contribution in [0, 0.1) is 5.82 Å². The molecule has 0 fully saturated rings. The zero-order chi connectivity index (χ0) is 12.0. The molecule has 0 saturated heterocycles. The van der Waals surface area contributed by atoms with Gasteiger partial charge in [-0.25, -0.2) is 4.39 Å². The summed E-state index contributed by atoms with van der Waals surface area (Å²) < 4.78 is 18.4. The number of carboxylic acid groups (broad SMARTS) is 1. The van der Waals surface area contributed by atoms with E-state index in [0.717, 1.165) is 0 Å². The summed E-state index contributed by atoms with van der Waals surface area (Å²) in [4.78, 5) is 10.2. The standard InChI is InChI=1S/C11H12ClFO3/c12-9-3-1-4-10(13)8(9)7-16-6-2-5-11(14)15/h1,3-4H,2,5-7H2,(H,14,15). The van der Waals surface area contributed by atoms with E-state index < -0.39 is 11.8 Å². The van der Waals surface area contributed by atoms with Crippen molar-refractivity contribution in [2.24, 2.45) is 0 Å². The van der Waals surface area contributed by atoms with E-state index >= 15 is 0 Å². The first-order chi connectivity index (χ1) is 7.61. The van der Waals surface area contributed by atoms with Crippen molar-refractivity contribution in [2.75, 3.05) is 6.61 Å². The fraction of sp³-hybridized carbons (Fsp3) is 0.364. The summed E-state index contributed by atoms with van der Waals surface area (Å²) in [6.07, 6.45) is 0.451. The van der Waals surface area contributed by atoms with Gasteiger partial charge >= 0.3 is 5.97 Å². The molecule has 1 rings (SSSR count). The molecule has 1 aromatic rings. The van der Waals surface area contributed by atoms with Gasteiger partial charge in [-0.05, 0) is 18.6 Å². The summed E-state index contributed by atoms with van der Waals surface area (Å²) in [6, 6.07) is 4.41. The molecule has 16 heavy (non-hydrogen) atoms. The number of halogens is 2. The van der Waals surface area contributed by atoms with Crippen LogP contribution in [-0.2, 0) is 16.1 Å². The number of carbonyl (C=O) groups is 1. The van der Waals surface area contributed by atoms with Gasteiger partial charge in [0.25, 0.3) is 0 Å². The van der Waals surface area contributed by atoms with Gasteiger partial charge in [-0.1, -0.05) is 17.7 Å².